The van der Waals surface area contributed by atoms with Gasteiger partial charge in [-0.3, -0.25) is 9.59 Å². The quantitative estimate of drug-likeness (QED) is 0.611. The molecule has 4 N–H and O–H groups in total. The number of carbonyl (C=O) groups excluding carboxylic acids is 3. The molecule has 23 heavy (non-hydrogen) atoms. The summed E-state index contributed by atoms with van der Waals surface area (Å²) in [4.78, 5) is 34.5. The molecular weight excluding hydrogens is 318 g/mol. The largest absolute Gasteiger partial charge is 0.445 e. The Morgan fingerprint density at radius 1 is 1.26 bits per heavy atom. The maximum atomic E-state index is 12.0. The van der Waals surface area contributed by atoms with Crippen molar-refractivity contribution in [2.75, 3.05) is 18.6 Å². The number of nitrogens with two attached hydrogens (primary N) is 1. The van der Waals surface area contributed by atoms with Crippen molar-refractivity contribution in [1.82, 2.24) is 10.6 Å². The van der Waals surface area contributed by atoms with Crippen molar-refractivity contribution in [3.8, 4) is 0 Å². The van der Waals surface area contributed by atoms with Crippen LogP contribution in [0, 0.1) is 0 Å². The molecule has 0 bridgehead atoms. The Morgan fingerprint density at radius 2 is 1.96 bits per heavy atom. The standard InChI is InChI=1S/C15H21N3O4S/c1-23-8-7-12(14(20)17-9-13(16)19)18-15(21)22-10-11-5-3-2-4-6-11/h2-6,12H,7-10H2,1H3,(H2,16,19)(H,17,20)(H,18,21)/t12-/m1/s1. The third-order valence-corrected chi connectivity index (χ3v) is 3.51. The Hall–Kier alpha value is -2.22. The van der Waals surface area contributed by atoms with Gasteiger partial charge in [0.15, 0.2) is 0 Å². The molecule has 7 nitrogen and oxygen atoms in total. The summed E-state index contributed by atoms with van der Waals surface area (Å²) in [5.41, 5.74) is 5.83. The second-order valence-corrected chi connectivity index (χ2v) is 5.71. The van der Waals surface area contributed by atoms with Gasteiger partial charge in [-0.05, 0) is 24.0 Å². The van der Waals surface area contributed by atoms with Crippen LogP contribution in [0.15, 0.2) is 30.3 Å². The molecule has 0 fully saturated rings. The lowest BCUT2D eigenvalue weighted by atomic mass is 10.2. The van der Waals surface area contributed by atoms with Gasteiger partial charge in [-0.1, -0.05) is 30.3 Å². The lowest BCUT2D eigenvalue weighted by molar-refractivity contribution is -0.126. The molecule has 8 heteroatoms. The van der Waals surface area contributed by atoms with Gasteiger partial charge in [0.25, 0.3) is 0 Å². The van der Waals surface area contributed by atoms with Crippen LogP contribution in [-0.2, 0) is 20.9 Å². The first-order chi connectivity index (χ1) is 11.0. The van der Waals surface area contributed by atoms with Crippen LogP contribution >= 0.6 is 11.8 Å². The summed E-state index contributed by atoms with van der Waals surface area (Å²) < 4.78 is 5.09. The molecule has 126 valence electrons. The van der Waals surface area contributed by atoms with Crippen molar-refractivity contribution in [3.63, 3.8) is 0 Å². The topological polar surface area (TPSA) is 111 Å². The van der Waals surface area contributed by atoms with E-state index in [0.29, 0.717) is 12.2 Å². The Bertz CT molecular complexity index is 525. The average Bonchev–Trinajstić information content (AvgIpc) is 2.55. The van der Waals surface area contributed by atoms with Crippen molar-refractivity contribution in [2.45, 2.75) is 19.1 Å². The van der Waals surface area contributed by atoms with Crippen LogP contribution in [-0.4, -0.2) is 42.5 Å². The smallest absolute Gasteiger partial charge is 0.408 e. The first-order valence-electron chi connectivity index (χ1n) is 7.05. The second-order valence-electron chi connectivity index (χ2n) is 4.72. The van der Waals surface area contributed by atoms with Crippen molar-refractivity contribution in [3.05, 3.63) is 35.9 Å². The van der Waals surface area contributed by atoms with E-state index >= 15 is 0 Å². The summed E-state index contributed by atoms with van der Waals surface area (Å²) in [6.07, 6.45) is 1.63. The van der Waals surface area contributed by atoms with E-state index in [1.165, 1.54) is 0 Å². The number of hydrogen-bond donors (Lipinski definition) is 3. The second kappa shape index (κ2) is 10.5. The molecule has 0 unspecified atom stereocenters. The molecule has 0 heterocycles. The third kappa shape index (κ3) is 8.10. The van der Waals surface area contributed by atoms with E-state index in [4.69, 9.17) is 10.5 Å². The van der Waals surface area contributed by atoms with Gasteiger partial charge in [-0.2, -0.15) is 11.8 Å². The van der Waals surface area contributed by atoms with Crippen molar-refractivity contribution >= 4 is 29.7 Å². The molecule has 0 saturated carbocycles. The van der Waals surface area contributed by atoms with Gasteiger partial charge in [0.05, 0.1) is 6.54 Å². The average molecular weight is 339 g/mol. The number of hydrogen-bond acceptors (Lipinski definition) is 5. The number of thioether (sulfide) groups is 1. The first kappa shape index (κ1) is 18.8. The normalized spacial score (nSPS) is 11.3. The first-order valence-corrected chi connectivity index (χ1v) is 8.44. The maximum Gasteiger partial charge on any atom is 0.408 e. The molecular formula is C15H21N3O4S. The molecule has 0 saturated heterocycles. The van der Waals surface area contributed by atoms with Gasteiger partial charge in [0.2, 0.25) is 11.8 Å². The highest BCUT2D eigenvalue weighted by Gasteiger charge is 2.21. The van der Waals surface area contributed by atoms with Crippen LogP contribution in [0.1, 0.15) is 12.0 Å². The summed E-state index contributed by atoms with van der Waals surface area (Å²) >= 11 is 1.55. The molecule has 0 aromatic heterocycles. The summed E-state index contributed by atoms with van der Waals surface area (Å²) in [6.45, 7) is -0.153. The summed E-state index contributed by atoms with van der Waals surface area (Å²) in [5, 5.41) is 4.88. The minimum atomic E-state index is -0.773. The molecule has 1 aromatic carbocycles. The lowest BCUT2D eigenvalue weighted by Crippen LogP contribution is -2.48. The molecule has 1 atom stereocenters. The van der Waals surface area contributed by atoms with Gasteiger partial charge in [-0.15, -0.1) is 0 Å². The molecule has 0 spiro atoms. The predicted octanol–water partition coefficient (Wildman–Crippen LogP) is 0.636. The van der Waals surface area contributed by atoms with Crippen molar-refractivity contribution < 1.29 is 19.1 Å². The highest BCUT2D eigenvalue weighted by Crippen LogP contribution is 2.04. The van der Waals surface area contributed by atoms with Crippen LogP contribution in [0.3, 0.4) is 0 Å². The number of amides is 3. The van der Waals surface area contributed by atoms with Crippen molar-refractivity contribution in [2.24, 2.45) is 5.73 Å². The van der Waals surface area contributed by atoms with Crippen LogP contribution in [0.25, 0.3) is 0 Å². The zero-order valence-corrected chi connectivity index (χ0v) is 13.7. The molecule has 0 aliphatic carbocycles. The molecule has 1 aromatic rings. The summed E-state index contributed by atoms with van der Waals surface area (Å²) in [5.74, 6) is -0.434. The van der Waals surface area contributed by atoms with E-state index in [0.717, 1.165) is 5.56 Å². The number of nitrogens with one attached hydrogen (secondary N) is 2. The molecule has 3 amide bonds. The predicted molar refractivity (Wildman–Crippen MR) is 88.8 cm³/mol. The Kier molecular flexibility index (Phi) is 8.59. The van der Waals surface area contributed by atoms with Gasteiger partial charge < -0.3 is 21.1 Å². The van der Waals surface area contributed by atoms with Gasteiger partial charge >= 0.3 is 6.09 Å². The highest BCUT2D eigenvalue weighted by atomic mass is 32.2. The number of primary amides is 1. The van der Waals surface area contributed by atoms with Crippen molar-refractivity contribution in [1.29, 1.82) is 0 Å². The Morgan fingerprint density at radius 3 is 2.57 bits per heavy atom. The fourth-order valence-electron chi connectivity index (χ4n) is 1.71. The molecule has 1 rings (SSSR count). The summed E-state index contributed by atoms with van der Waals surface area (Å²) in [6, 6.07) is 8.44. The zero-order chi connectivity index (χ0) is 17.1. The minimum Gasteiger partial charge on any atom is -0.445 e. The van der Waals surface area contributed by atoms with Gasteiger partial charge in [0, 0.05) is 0 Å². The maximum absolute atomic E-state index is 12.0. The van der Waals surface area contributed by atoms with Gasteiger partial charge in [-0.25, -0.2) is 4.79 Å². The molecule has 0 radical (unpaired) electrons. The number of alkyl carbamates (subject to hydrolysis) is 1. The van der Waals surface area contributed by atoms with E-state index in [1.54, 1.807) is 11.8 Å². The van der Waals surface area contributed by atoms with Crippen LogP contribution in [0.2, 0.25) is 0 Å². The SMILES string of the molecule is CSCC[C@@H](NC(=O)OCc1ccccc1)C(=O)NCC(N)=O. The molecule has 0 aliphatic heterocycles. The highest BCUT2D eigenvalue weighted by molar-refractivity contribution is 7.98. The van der Waals surface area contributed by atoms with Crippen LogP contribution in [0.4, 0.5) is 4.79 Å². The van der Waals surface area contributed by atoms with E-state index in [2.05, 4.69) is 10.6 Å². The summed E-state index contributed by atoms with van der Waals surface area (Å²) in [7, 11) is 0. The monoisotopic (exact) mass is 339 g/mol. The van der Waals surface area contributed by atoms with E-state index in [1.807, 2.05) is 36.6 Å². The number of rotatable bonds is 9. The Balaban J connectivity index is 2.49. The van der Waals surface area contributed by atoms with E-state index < -0.39 is 23.9 Å². The van der Waals surface area contributed by atoms with Crippen LogP contribution in [0.5, 0.6) is 0 Å². The van der Waals surface area contributed by atoms with E-state index in [9.17, 15) is 14.4 Å². The third-order valence-electron chi connectivity index (χ3n) is 2.87. The number of ether oxygens (including phenoxy) is 1. The molecule has 0 aliphatic rings. The van der Waals surface area contributed by atoms with Gasteiger partial charge in [0.1, 0.15) is 12.6 Å². The number of benzene rings is 1. The number of carbonyl (C=O) groups is 3. The fourth-order valence-corrected chi connectivity index (χ4v) is 2.18. The lowest BCUT2D eigenvalue weighted by Gasteiger charge is -2.17. The zero-order valence-electron chi connectivity index (χ0n) is 12.9. The minimum absolute atomic E-state index is 0.116. The van der Waals surface area contributed by atoms with Crippen LogP contribution < -0.4 is 16.4 Å². The Labute approximate surface area is 139 Å². The van der Waals surface area contributed by atoms with E-state index in [-0.39, 0.29) is 13.2 Å². The fraction of sp³-hybridized carbons (Fsp3) is 0.400.